The van der Waals surface area contributed by atoms with Gasteiger partial charge in [-0.05, 0) is 62.1 Å². The van der Waals surface area contributed by atoms with Crippen LogP contribution in [0.4, 0.5) is 0 Å². The minimum absolute atomic E-state index is 0.437. The van der Waals surface area contributed by atoms with Crippen molar-refractivity contribution >= 4 is 0 Å². The number of benzene rings is 1. The highest BCUT2D eigenvalue weighted by atomic mass is 14.3. The maximum absolute atomic E-state index is 3.56. The Balaban J connectivity index is -0.000000263. The Morgan fingerprint density at radius 3 is 1.09 bits per heavy atom. The van der Waals surface area contributed by atoms with E-state index in [9.17, 15) is 0 Å². The second-order valence-electron chi connectivity index (χ2n) is 8.22. The summed E-state index contributed by atoms with van der Waals surface area (Å²) in [5.74, 6) is 0. The first-order chi connectivity index (χ1) is 10.2. The van der Waals surface area contributed by atoms with Gasteiger partial charge in [-0.1, -0.05) is 79.2 Å². The van der Waals surface area contributed by atoms with Crippen LogP contribution in [0.3, 0.4) is 0 Å². The van der Waals surface area contributed by atoms with Gasteiger partial charge in [0.1, 0.15) is 0 Å². The molecule has 0 fully saturated rings. The van der Waals surface area contributed by atoms with Crippen LogP contribution in [-0.2, 0) is 0 Å². The summed E-state index contributed by atoms with van der Waals surface area (Å²) in [6, 6.07) is 6.38. The molecule has 0 heteroatoms. The summed E-state index contributed by atoms with van der Waals surface area (Å²) in [7, 11) is 0. The molecule has 0 aliphatic carbocycles. The lowest BCUT2D eigenvalue weighted by atomic mass is 9.71. The molecule has 1 rings (SSSR count). The minimum atomic E-state index is 0.437. The summed E-state index contributed by atoms with van der Waals surface area (Å²) in [6.07, 6.45) is 0. The zero-order valence-electron chi connectivity index (χ0n) is 18.4. The molecule has 0 atom stereocenters. The number of rotatable bonds is 0. The third-order valence-electron chi connectivity index (χ3n) is 4.13. The van der Waals surface area contributed by atoms with Crippen LogP contribution in [0, 0.1) is 31.6 Å². The molecule has 0 aliphatic rings. The van der Waals surface area contributed by atoms with Crippen LogP contribution in [0.15, 0.2) is 30.4 Å². The quantitative estimate of drug-likeness (QED) is 0.422. The molecule has 1 aromatic carbocycles. The maximum atomic E-state index is 3.56. The lowest BCUT2D eigenvalue weighted by Crippen LogP contribution is -2.25. The Morgan fingerprint density at radius 2 is 0.957 bits per heavy atom. The number of aryl methyl sites for hydroxylation is 2. The standard InChI is InChI=1S/C9H12.C8H18.C4H8.C2H6/c1-7-5-4-6-8(2)9(7)3;1-7(2,3)8(4,5)6;1-4(2)3;1-2/h4-6H,1-3H3;1-6H3;1H2,2-3H3;1-2H3. The van der Waals surface area contributed by atoms with Gasteiger partial charge in [0, 0.05) is 0 Å². The van der Waals surface area contributed by atoms with Crippen molar-refractivity contribution in [2.24, 2.45) is 10.8 Å². The highest BCUT2D eigenvalue weighted by Crippen LogP contribution is 2.36. The van der Waals surface area contributed by atoms with E-state index in [-0.39, 0.29) is 0 Å². The van der Waals surface area contributed by atoms with Crippen molar-refractivity contribution in [1.29, 1.82) is 0 Å². The van der Waals surface area contributed by atoms with Gasteiger partial charge in [-0.3, -0.25) is 0 Å². The Morgan fingerprint density at radius 1 is 0.739 bits per heavy atom. The molecule has 0 saturated heterocycles. The largest absolute Gasteiger partial charge is 0.100 e. The summed E-state index contributed by atoms with van der Waals surface area (Å²) < 4.78 is 0. The first kappa shape index (κ1) is 26.8. The van der Waals surface area contributed by atoms with Crippen molar-refractivity contribution in [2.75, 3.05) is 0 Å². The molecule has 0 heterocycles. The van der Waals surface area contributed by atoms with Gasteiger partial charge in [0.25, 0.3) is 0 Å². The summed E-state index contributed by atoms with van der Waals surface area (Å²) >= 11 is 0. The summed E-state index contributed by atoms with van der Waals surface area (Å²) in [5, 5.41) is 0. The van der Waals surface area contributed by atoms with Crippen molar-refractivity contribution in [3.8, 4) is 0 Å². The van der Waals surface area contributed by atoms with Crippen LogP contribution in [0.5, 0.6) is 0 Å². The zero-order chi connectivity index (χ0) is 19.4. The lowest BCUT2D eigenvalue weighted by molar-refractivity contribution is 0.157. The van der Waals surface area contributed by atoms with Gasteiger partial charge in [-0.15, -0.1) is 6.58 Å². The first-order valence-corrected chi connectivity index (χ1v) is 8.85. The van der Waals surface area contributed by atoms with Crippen molar-refractivity contribution in [2.45, 2.75) is 90.0 Å². The predicted octanol–water partition coefficient (Wildman–Crippen LogP) is 8.30. The van der Waals surface area contributed by atoms with E-state index in [1.54, 1.807) is 0 Å². The molecule has 0 radical (unpaired) electrons. The predicted molar refractivity (Wildman–Crippen MR) is 111 cm³/mol. The van der Waals surface area contributed by atoms with Crippen LogP contribution in [0.1, 0.15) is 85.9 Å². The van der Waals surface area contributed by atoms with Crippen molar-refractivity contribution in [1.82, 2.24) is 0 Å². The molecule has 0 amide bonds. The molecule has 0 N–H and O–H groups in total. The third-order valence-corrected chi connectivity index (χ3v) is 4.13. The molecule has 136 valence electrons. The van der Waals surface area contributed by atoms with Gasteiger partial charge in [0.2, 0.25) is 0 Å². The average Bonchev–Trinajstić information content (AvgIpc) is 2.36. The molecule has 0 spiro atoms. The Kier molecular flexibility index (Phi) is 14.5. The number of hydrogen-bond donors (Lipinski definition) is 0. The van der Waals surface area contributed by atoms with Gasteiger partial charge in [-0.2, -0.15) is 0 Å². The van der Waals surface area contributed by atoms with Crippen LogP contribution in [0.25, 0.3) is 0 Å². The van der Waals surface area contributed by atoms with Gasteiger partial charge in [-0.25, -0.2) is 0 Å². The fraction of sp³-hybridized carbons (Fsp3) is 0.652. The summed E-state index contributed by atoms with van der Waals surface area (Å²) in [5.41, 5.74) is 6.22. The van der Waals surface area contributed by atoms with Gasteiger partial charge in [0.15, 0.2) is 0 Å². The second kappa shape index (κ2) is 12.4. The molecule has 23 heavy (non-hydrogen) atoms. The molecule has 0 saturated carbocycles. The molecule has 0 aromatic heterocycles. The monoisotopic (exact) mass is 320 g/mol. The average molecular weight is 321 g/mol. The van der Waals surface area contributed by atoms with Crippen LogP contribution < -0.4 is 0 Å². The maximum Gasteiger partial charge on any atom is -0.0334 e. The molecule has 1 aromatic rings. The first-order valence-electron chi connectivity index (χ1n) is 8.85. The highest BCUT2D eigenvalue weighted by Gasteiger charge is 2.26. The van der Waals surface area contributed by atoms with Crippen LogP contribution in [0.2, 0.25) is 0 Å². The van der Waals surface area contributed by atoms with Gasteiger partial charge in [0.05, 0.1) is 0 Å². The van der Waals surface area contributed by atoms with Crippen molar-refractivity contribution in [3.63, 3.8) is 0 Å². The van der Waals surface area contributed by atoms with E-state index in [1.807, 2.05) is 27.7 Å². The molecule has 0 nitrogen and oxygen atoms in total. The Bertz CT molecular complexity index is 386. The van der Waals surface area contributed by atoms with E-state index in [1.165, 1.54) is 22.3 Å². The Hall–Kier alpha value is -1.04. The fourth-order valence-electron chi connectivity index (χ4n) is 0.898. The van der Waals surface area contributed by atoms with E-state index in [2.05, 4.69) is 87.1 Å². The lowest BCUT2D eigenvalue weighted by Gasteiger charge is -2.34. The van der Waals surface area contributed by atoms with E-state index in [4.69, 9.17) is 0 Å². The normalized spacial score (nSPS) is 10.1. The van der Waals surface area contributed by atoms with Crippen LogP contribution in [-0.4, -0.2) is 0 Å². The van der Waals surface area contributed by atoms with Crippen molar-refractivity contribution < 1.29 is 0 Å². The second-order valence-corrected chi connectivity index (χ2v) is 8.22. The Labute approximate surface area is 148 Å². The molecular formula is C23H44. The van der Waals surface area contributed by atoms with E-state index in [0.717, 1.165) is 0 Å². The smallest absolute Gasteiger partial charge is 0.0334 e. The molecular weight excluding hydrogens is 276 g/mol. The topological polar surface area (TPSA) is 0 Å². The van der Waals surface area contributed by atoms with E-state index in [0.29, 0.717) is 10.8 Å². The molecule has 0 bridgehead atoms. The fourth-order valence-corrected chi connectivity index (χ4v) is 0.898. The third kappa shape index (κ3) is 15.6. The van der Waals surface area contributed by atoms with Crippen molar-refractivity contribution in [3.05, 3.63) is 47.0 Å². The minimum Gasteiger partial charge on any atom is -0.100 e. The molecule has 0 unspecified atom stereocenters. The van der Waals surface area contributed by atoms with Crippen LogP contribution >= 0.6 is 0 Å². The summed E-state index contributed by atoms with van der Waals surface area (Å²) in [4.78, 5) is 0. The van der Waals surface area contributed by atoms with Gasteiger partial charge < -0.3 is 0 Å². The highest BCUT2D eigenvalue weighted by molar-refractivity contribution is 5.31. The van der Waals surface area contributed by atoms with E-state index >= 15 is 0 Å². The van der Waals surface area contributed by atoms with E-state index < -0.39 is 0 Å². The number of allylic oxidation sites excluding steroid dienone is 1. The molecule has 0 aliphatic heterocycles. The van der Waals surface area contributed by atoms with Gasteiger partial charge >= 0.3 is 0 Å². The zero-order valence-corrected chi connectivity index (χ0v) is 18.4. The SMILES string of the molecule is C=C(C)C.CC.CC(C)(C)C(C)(C)C.Cc1cccc(C)c1C. The number of hydrogen-bond acceptors (Lipinski definition) is 0. The summed E-state index contributed by atoms with van der Waals surface area (Å²) in [6.45, 7) is 31.6.